The number of nitrogens with one attached hydrogen (secondary N) is 1. The third kappa shape index (κ3) is 5.18. The van der Waals surface area contributed by atoms with Crippen molar-refractivity contribution in [1.82, 2.24) is 10.3 Å². The molecular weight excluding hydrogens is 252 g/mol. The molecule has 0 saturated heterocycles. The van der Waals surface area contributed by atoms with E-state index in [2.05, 4.69) is 10.3 Å². The Kier molecular flexibility index (Phi) is 4.72. The molecule has 0 radical (unpaired) electrons. The van der Waals surface area contributed by atoms with Crippen molar-refractivity contribution in [3.05, 3.63) is 24.0 Å². The van der Waals surface area contributed by atoms with Crippen LogP contribution >= 0.6 is 11.8 Å². The van der Waals surface area contributed by atoms with Crippen LogP contribution in [0.4, 0.5) is 0 Å². The average Bonchev–Trinajstić information content (AvgIpc) is 2.24. The molecular formula is C12H16N2O3S. The van der Waals surface area contributed by atoms with Gasteiger partial charge in [-0.3, -0.25) is 4.79 Å². The summed E-state index contributed by atoms with van der Waals surface area (Å²) in [5.74, 6) is -0.904. The maximum absolute atomic E-state index is 11.6. The van der Waals surface area contributed by atoms with Crippen molar-refractivity contribution in [2.24, 2.45) is 0 Å². The van der Waals surface area contributed by atoms with Crippen LogP contribution in [0, 0.1) is 0 Å². The Bertz CT molecular complexity index is 455. The molecule has 0 atom stereocenters. The highest BCUT2D eigenvalue weighted by Crippen LogP contribution is 2.18. The van der Waals surface area contributed by atoms with Gasteiger partial charge in [0.1, 0.15) is 5.69 Å². The van der Waals surface area contributed by atoms with Gasteiger partial charge in [0.05, 0.1) is 5.75 Å². The maximum Gasteiger partial charge on any atom is 0.354 e. The van der Waals surface area contributed by atoms with Crippen LogP contribution in [0.25, 0.3) is 0 Å². The number of carbonyl (C=O) groups is 2. The number of carbonyl (C=O) groups excluding carboxylic acids is 1. The minimum Gasteiger partial charge on any atom is -0.477 e. The van der Waals surface area contributed by atoms with Crippen LogP contribution in [0.1, 0.15) is 31.3 Å². The first-order valence-corrected chi connectivity index (χ1v) is 6.39. The molecule has 0 bridgehead atoms. The SMILES string of the molecule is CC(C)(C)NC(=O)CSc1ccnc(C(=O)O)c1. The summed E-state index contributed by atoms with van der Waals surface area (Å²) in [6.45, 7) is 5.72. The van der Waals surface area contributed by atoms with Crippen LogP contribution in [0.2, 0.25) is 0 Å². The molecule has 0 aliphatic rings. The Balaban J connectivity index is 2.56. The van der Waals surface area contributed by atoms with Crippen LogP contribution in [-0.4, -0.2) is 33.3 Å². The van der Waals surface area contributed by atoms with E-state index in [4.69, 9.17) is 5.11 Å². The van der Waals surface area contributed by atoms with Gasteiger partial charge in [0, 0.05) is 16.6 Å². The number of rotatable bonds is 4. The summed E-state index contributed by atoms with van der Waals surface area (Å²) in [6.07, 6.45) is 1.42. The molecule has 0 aromatic carbocycles. The van der Waals surface area contributed by atoms with Gasteiger partial charge in [-0.15, -0.1) is 11.8 Å². The molecule has 2 N–H and O–H groups in total. The second-order valence-corrected chi connectivity index (χ2v) is 5.82. The van der Waals surface area contributed by atoms with Gasteiger partial charge in [-0.25, -0.2) is 9.78 Å². The Morgan fingerprint density at radius 3 is 2.67 bits per heavy atom. The lowest BCUT2D eigenvalue weighted by atomic mass is 10.1. The topological polar surface area (TPSA) is 79.3 Å². The molecule has 0 aliphatic carbocycles. The molecule has 98 valence electrons. The Hall–Kier alpha value is -1.56. The number of aromatic carboxylic acids is 1. The summed E-state index contributed by atoms with van der Waals surface area (Å²) in [5, 5.41) is 11.6. The van der Waals surface area contributed by atoms with E-state index in [1.807, 2.05) is 20.8 Å². The van der Waals surface area contributed by atoms with Crippen LogP contribution in [0.3, 0.4) is 0 Å². The number of nitrogens with zero attached hydrogens (tertiary/aromatic N) is 1. The van der Waals surface area contributed by atoms with Gasteiger partial charge in [-0.2, -0.15) is 0 Å². The Labute approximate surface area is 110 Å². The van der Waals surface area contributed by atoms with Gasteiger partial charge < -0.3 is 10.4 Å². The first kappa shape index (κ1) is 14.5. The lowest BCUT2D eigenvalue weighted by molar-refractivity contribution is -0.119. The summed E-state index contributed by atoms with van der Waals surface area (Å²) in [5.41, 5.74) is -0.279. The van der Waals surface area contributed by atoms with E-state index < -0.39 is 5.97 Å². The maximum atomic E-state index is 11.6. The fraction of sp³-hybridized carbons (Fsp3) is 0.417. The fourth-order valence-corrected chi connectivity index (χ4v) is 1.94. The third-order valence-electron chi connectivity index (χ3n) is 1.83. The molecule has 1 heterocycles. The normalized spacial score (nSPS) is 11.1. The number of amides is 1. The highest BCUT2D eigenvalue weighted by Gasteiger charge is 2.14. The van der Waals surface area contributed by atoms with Crippen LogP contribution in [0.15, 0.2) is 23.2 Å². The van der Waals surface area contributed by atoms with E-state index in [1.54, 1.807) is 6.07 Å². The van der Waals surface area contributed by atoms with Gasteiger partial charge in [-0.1, -0.05) is 0 Å². The molecule has 1 amide bonds. The number of carboxylic acids is 1. The lowest BCUT2D eigenvalue weighted by Gasteiger charge is -2.20. The first-order chi connectivity index (χ1) is 8.28. The monoisotopic (exact) mass is 268 g/mol. The molecule has 0 unspecified atom stereocenters. The van der Waals surface area contributed by atoms with Crippen LogP contribution in [0.5, 0.6) is 0 Å². The number of hydrogen-bond donors (Lipinski definition) is 2. The number of thioether (sulfide) groups is 1. The lowest BCUT2D eigenvalue weighted by Crippen LogP contribution is -2.41. The van der Waals surface area contributed by atoms with E-state index in [9.17, 15) is 9.59 Å². The van der Waals surface area contributed by atoms with Crippen molar-refractivity contribution in [2.45, 2.75) is 31.2 Å². The predicted octanol–water partition coefficient (Wildman–Crippen LogP) is 1.79. The van der Waals surface area contributed by atoms with E-state index in [-0.39, 0.29) is 22.9 Å². The molecule has 1 rings (SSSR count). The Morgan fingerprint density at radius 1 is 1.44 bits per heavy atom. The minimum absolute atomic E-state index is 0.0174. The Morgan fingerprint density at radius 2 is 2.11 bits per heavy atom. The first-order valence-electron chi connectivity index (χ1n) is 5.41. The van der Waals surface area contributed by atoms with Gasteiger partial charge in [-0.05, 0) is 32.9 Å². The van der Waals surface area contributed by atoms with Crippen LogP contribution < -0.4 is 5.32 Å². The summed E-state index contributed by atoms with van der Waals surface area (Å²) in [4.78, 5) is 26.7. The minimum atomic E-state index is -1.07. The van der Waals surface area contributed by atoms with Crippen molar-refractivity contribution in [3.63, 3.8) is 0 Å². The standard InChI is InChI=1S/C12H16N2O3S/c1-12(2,3)14-10(15)7-18-8-4-5-13-9(6-8)11(16)17/h4-6H,7H2,1-3H3,(H,14,15)(H,16,17). The second-order valence-electron chi connectivity index (χ2n) is 4.77. The van der Waals surface area contributed by atoms with Crippen molar-refractivity contribution in [2.75, 3.05) is 5.75 Å². The summed E-state index contributed by atoms with van der Waals surface area (Å²) >= 11 is 1.29. The quantitative estimate of drug-likeness (QED) is 0.814. The van der Waals surface area contributed by atoms with Crippen molar-refractivity contribution in [1.29, 1.82) is 0 Å². The third-order valence-corrected chi connectivity index (χ3v) is 2.83. The van der Waals surface area contributed by atoms with E-state index in [0.29, 0.717) is 4.90 Å². The van der Waals surface area contributed by atoms with Gasteiger partial charge >= 0.3 is 5.97 Å². The molecule has 1 aromatic rings. The van der Waals surface area contributed by atoms with Crippen LogP contribution in [-0.2, 0) is 4.79 Å². The molecule has 1 aromatic heterocycles. The zero-order valence-electron chi connectivity index (χ0n) is 10.6. The summed E-state index contributed by atoms with van der Waals surface area (Å²) in [7, 11) is 0. The molecule has 0 spiro atoms. The molecule has 6 heteroatoms. The fourth-order valence-electron chi connectivity index (χ4n) is 1.22. The van der Waals surface area contributed by atoms with E-state index >= 15 is 0 Å². The van der Waals surface area contributed by atoms with E-state index in [1.165, 1.54) is 24.0 Å². The average molecular weight is 268 g/mol. The predicted molar refractivity (Wildman–Crippen MR) is 69.8 cm³/mol. The summed E-state index contributed by atoms with van der Waals surface area (Å²) < 4.78 is 0. The molecule has 0 fully saturated rings. The zero-order valence-corrected chi connectivity index (χ0v) is 11.4. The molecule has 0 aliphatic heterocycles. The summed E-state index contributed by atoms with van der Waals surface area (Å²) in [6, 6.07) is 3.14. The van der Waals surface area contributed by atoms with Gasteiger partial charge in [0.15, 0.2) is 0 Å². The number of hydrogen-bond acceptors (Lipinski definition) is 4. The van der Waals surface area contributed by atoms with Crippen molar-refractivity contribution >= 4 is 23.6 Å². The number of pyridine rings is 1. The highest BCUT2D eigenvalue weighted by atomic mass is 32.2. The highest BCUT2D eigenvalue weighted by molar-refractivity contribution is 8.00. The number of carboxylic acid groups (broad SMARTS) is 1. The molecule has 5 nitrogen and oxygen atoms in total. The molecule has 18 heavy (non-hydrogen) atoms. The largest absolute Gasteiger partial charge is 0.477 e. The van der Waals surface area contributed by atoms with Gasteiger partial charge in [0.25, 0.3) is 0 Å². The number of aromatic nitrogens is 1. The molecule has 0 saturated carbocycles. The van der Waals surface area contributed by atoms with Crippen molar-refractivity contribution < 1.29 is 14.7 Å². The smallest absolute Gasteiger partial charge is 0.354 e. The zero-order chi connectivity index (χ0) is 13.8. The van der Waals surface area contributed by atoms with Gasteiger partial charge in [0.2, 0.25) is 5.91 Å². The second kappa shape index (κ2) is 5.86. The van der Waals surface area contributed by atoms with E-state index in [0.717, 1.165) is 0 Å². The van der Waals surface area contributed by atoms with Crippen molar-refractivity contribution in [3.8, 4) is 0 Å².